The summed E-state index contributed by atoms with van der Waals surface area (Å²) in [7, 11) is 1.21. The second kappa shape index (κ2) is 5.18. The van der Waals surface area contributed by atoms with Gasteiger partial charge in [0.1, 0.15) is 0 Å². The highest BCUT2D eigenvalue weighted by Crippen LogP contribution is 2.01. The summed E-state index contributed by atoms with van der Waals surface area (Å²) in [5, 5.41) is 9.19. The van der Waals surface area contributed by atoms with Crippen LogP contribution >= 0.6 is 0 Å². The lowest BCUT2D eigenvalue weighted by Gasteiger charge is -1.98. The van der Waals surface area contributed by atoms with Crippen molar-refractivity contribution in [3.8, 4) is 11.8 Å². The van der Waals surface area contributed by atoms with Gasteiger partial charge in [-0.1, -0.05) is 29.5 Å². The van der Waals surface area contributed by atoms with E-state index in [2.05, 4.69) is 16.6 Å². The van der Waals surface area contributed by atoms with E-state index >= 15 is 0 Å². The van der Waals surface area contributed by atoms with E-state index in [-0.39, 0.29) is 0 Å². The lowest BCUT2D eigenvalue weighted by Crippen LogP contribution is -2.19. The van der Waals surface area contributed by atoms with Crippen molar-refractivity contribution in [3.63, 3.8) is 0 Å². The molecule has 1 atom stereocenters. The van der Waals surface area contributed by atoms with Gasteiger partial charge in [-0.25, -0.2) is 4.79 Å². The van der Waals surface area contributed by atoms with Gasteiger partial charge >= 0.3 is 5.97 Å². The maximum absolute atomic E-state index is 10.8. The van der Waals surface area contributed by atoms with Crippen LogP contribution in [0.15, 0.2) is 24.3 Å². The Morgan fingerprint density at radius 2 is 2.00 bits per heavy atom. The number of carbonyl (C=O) groups excluding carboxylic acids is 1. The molecule has 1 N–H and O–H groups in total. The lowest BCUT2D eigenvalue weighted by atomic mass is 10.1. The smallest absolute Gasteiger partial charge is 0.347 e. The zero-order chi connectivity index (χ0) is 11.3. The molecule has 3 heteroatoms. The van der Waals surface area contributed by atoms with Gasteiger partial charge in [-0.05, 0) is 19.1 Å². The fourth-order valence-corrected chi connectivity index (χ4v) is 0.959. The largest absolute Gasteiger partial charge is 0.466 e. The lowest BCUT2D eigenvalue weighted by molar-refractivity contribution is -0.147. The molecule has 0 saturated heterocycles. The van der Waals surface area contributed by atoms with Crippen molar-refractivity contribution in [1.82, 2.24) is 0 Å². The van der Waals surface area contributed by atoms with Crippen molar-refractivity contribution in [2.45, 2.75) is 13.0 Å². The number of carbonyl (C=O) groups is 1. The summed E-state index contributed by atoms with van der Waals surface area (Å²) >= 11 is 0. The quantitative estimate of drug-likeness (QED) is 0.545. The Hall–Kier alpha value is -1.79. The normalized spacial score (nSPS) is 11.1. The number of methoxy groups -OCH3 is 1. The molecule has 1 aromatic rings. The zero-order valence-corrected chi connectivity index (χ0v) is 8.65. The van der Waals surface area contributed by atoms with Crippen LogP contribution in [0.1, 0.15) is 11.1 Å². The van der Waals surface area contributed by atoms with E-state index in [1.807, 2.05) is 31.2 Å². The van der Waals surface area contributed by atoms with Crippen LogP contribution in [0.4, 0.5) is 0 Å². The molecule has 0 saturated carbocycles. The Morgan fingerprint density at radius 1 is 1.40 bits per heavy atom. The standard InChI is InChI=1S/C12H12O3/c1-9-3-5-10(6-4-9)7-8-11(13)12(14)15-2/h3-6,11,13H,1-2H3/t11-/m0/s1. The Bertz CT molecular complexity index is 395. The average molecular weight is 204 g/mol. The third-order valence-electron chi connectivity index (χ3n) is 1.83. The van der Waals surface area contributed by atoms with Crippen LogP contribution in [0.3, 0.4) is 0 Å². The predicted octanol–water partition coefficient (Wildman–Crippen LogP) is 0.880. The fourth-order valence-electron chi connectivity index (χ4n) is 0.959. The number of aliphatic hydroxyl groups is 1. The van der Waals surface area contributed by atoms with Gasteiger partial charge in [-0.2, -0.15) is 0 Å². The summed E-state index contributed by atoms with van der Waals surface area (Å²) < 4.78 is 4.33. The molecule has 0 aliphatic carbocycles. The SMILES string of the molecule is COC(=O)[C@@H](O)C#Cc1ccc(C)cc1. The van der Waals surface area contributed by atoms with Crippen molar-refractivity contribution in [2.75, 3.05) is 7.11 Å². The van der Waals surface area contributed by atoms with Gasteiger partial charge in [0, 0.05) is 5.56 Å². The summed E-state index contributed by atoms with van der Waals surface area (Å²) in [6.45, 7) is 1.97. The first-order valence-corrected chi connectivity index (χ1v) is 4.47. The molecule has 0 aromatic heterocycles. The highest BCUT2D eigenvalue weighted by Gasteiger charge is 2.10. The van der Waals surface area contributed by atoms with Crippen molar-refractivity contribution in [3.05, 3.63) is 35.4 Å². The molecule has 3 nitrogen and oxygen atoms in total. The number of rotatable bonds is 1. The molecular formula is C12H12O3. The highest BCUT2D eigenvalue weighted by molar-refractivity contribution is 5.78. The van der Waals surface area contributed by atoms with Crippen LogP contribution < -0.4 is 0 Å². The topological polar surface area (TPSA) is 46.5 Å². The number of esters is 1. The number of aliphatic hydroxyl groups excluding tert-OH is 1. The van der Waals surface area contributed by atoms with Crippen LogP contribution in [0.5, 0.6) is 0 Å². The fraction of sp³-hybridized carbons (Fsp3) is 0.250. The van der Waals surface area contributed by atoms with Crippen LogP contribution in [0, 0.1) is 18.8 Å². The molecule has 0 heterocycles. The summed E-state index contributed by atoms with van der Waals surface area (Å²) in [6.07, 6.45) is -1.38. The second-order valence-corrected chi connectivity index (χ2v) is 3.06. The van der Waals surface area contributed by atoms with Crippen molar-refractivity contribution in [2.24, 2.45) is 0 Å². The van der Waals surface area contributed by atoms with E-state index < -0.39 is 12.1 Å². The van der Waals surface area contributed by atoms with Gasteiger partial charge in [-0.15, -0.1) is 0 Å². The van der Waals surface area contributed by atoms with Gasteiger partial charge in [0.05, 0.1) is 7.11 Å². The molecule has 0 spiro atoms. The van der Waals surface area contributed by atoms with Crippen LogP contribution in [0.25, 0.3) is 0 Å². The summed E-state index contributed by atoms with van der Waals surface area (Å²) in [4.78, 5) is 10.8. The second-order valence-electron chi connectivity index (χ2n) is 3.06. The van der Waals surface area contributed by atoms with Gasteiger partial charge in [0.15, 0.2) is 0 Å². The van der Waals surface area contributed by atoms with Gasteiger partial charge in [-0.3, -0.25) is 0 Å². The molecule has 0 aliphatic rings. The molecule has 0 fully saturated rings. The van der Waals surface area contributed by atoms with Crippen molar-refractivity contribution >= 4 is 5.97 Å². The minimum absolute atomic E-state index is 0.741. The zero-order valence-electron chi connectivity index (χ0n) is 8.65. The minimum atomic E-state index is -1.38. The Kier molecular flexibility index (Phi) is 3.90. The number of hydrogen-bond acceptors (Lipinski definition) is 3. The molecule has 15 heavy (non-hydrogen) atoms. The third kappa shape index (κ3) is 3.45. The number of ether oxygens (including phenoxy) is 1. The van der Waals surface area contributed by atoms with E-state index in [0.717, 1.165) is 11.1 Å². The molecule has 0 radical (unpaired) electrons. The van der Waals surface area contributed by atoms with Gasteiger partial charge < -0.3 is 9.84 Å². The molecular weight excluding hydrogens is 192 g/mol. The monoisotopic (exact) mass is 204 g/mol. The Morgan fingerprint density at radius 3 is 2.53 bits per heavy atom. The first-order valence-electron chi connectivity index (χ1n) is 4.47. The molecule has 0 aliphatic heterocycles. The third-order valence-corrected chi connectivity index (χ3v) is 1.83. The molecule has 0 unspecified atom stereocenters. The molecule has 1 aromatic carbocycles. The number of aryl methyl sites for hydroxylation is 1. The van der Waals surface area contributed by atoms with E-state index in [0.29, 0.717) is 0 Å². The summed E-state index contributed by atoms with van der Waals surface area (Å²) in [6, 6.07) is 7.47. The Balaban J connectivity index is 2.73. The van der Waals surface area contributed by atoms with Gasteiger partial charge in [0.2, 0.25) is 6.10 Å². The first-order chi connectivity index (χ1) is 7.13. The highest BCUT2D eigenvalue weighted by atomic mass is 16.5. The predicted molar refractivity (Wildman–Crippen MR) is 56.1 cm³/mol. The Labute approximate surface area is 88.7 Å². The first kappa shape index (κ1) is 11.3. The van der Waals surface area contributed by atoms with Crippen molar-refractivity contribution < 1.29 is 14.6 Å². The average Bonchev–Trinajstić information content (AvgIpc) is 2.26. The minimum Gasteiger partial charge on any atom is -0.466 e. The van der Waals surface area contributed by atoms with Crippen molar-refractivity contribution in [1.29, 1.82) is 0 Å². The summed E-state index contributed by atoms with van der Waals surface area (Å²) in [5.41, 5.74) is 1.89. The molecule has 1 rings (SSSR count). The maximum Gasteiger partial charge on any atom is 0.347 e. The van der Waals surface area contributed by atoms with Crippen LogP contribution in [-0.4, -0.2) is 24.3 Å². The van der Waals surface area contributed by atoms with Gasteiger partial charge in [0.25, 0.3) is 0 Å². The van der Waals surface area contributed by atoms with E-state index in [4.69, 9.17) is 0 Å². The maximum atomic E-state index is 10.8. The van der Waals surface area contributed by atoms with E-state index in [1.54, 1.807) is 0 Å². The molecule has 78 valence electrons. The van der Waals surface area contributed by atoms with Crippen LogP contribution in [-0.2, 0) is 9.53 Å². The van der Waals surface area contributed by atoms with E-state index in [1.165, 1.54) is 7.11 Å². The number of hydrogen-bond donors (Lipinski definition) is 1. The molecule has 0 amide bonds. The number of benzene rings is 1. The van der Waals surface area contributed by atoms with Crippen LogP contribution in [0.2, 0.25) is 0 Å². The summed E-state index contributed by atoms with van der Waals surface area (Å²) in [5.74, 6) is 4.34. The molecule has 0 bridgehead atoms. The van der Waals surface area contributed by atoms with E-state index in [9.17, 15) is 9.90 Å².